The highest BCUT2D eigenvalue weighted by Gasteiger charge is 2.45. The van der Waals surface area contributed by atoms with Gasteiger partial charge in [-0.1, -0.05) is 74.4 Å². The smallest absolute Gasteiger partial charge is 0.294 e. The number of hydrogen-bond donors (Lipinski definition) is 4. The number of methoxy groups -OCH3 is 1. The number of carbonyl (C=O) groups excluding carboxylic acids is 3. The maximum absolute atomic E-state index is 12.9. The first-order valence-corrected chi connectivity index (χ1v) is 36.0. The van der Waals surface area contributed by atoms with Gasteiger partial charge in [-0.05, 0) is 136 Å². The summed E-state index contributed by atoms with van der Waals surface area (Å²) in [5, 5.41) is 17.0. The largest absolute Gasteiger partial charge is 0.744 e. The van der Waals surface area contributed by atoms with Crippen molar-refractivity contribution < 1.29 is 68.6 Å². The van der Waals surface area contributed by atoms with Crippen molar-refractivity contribution in [2.24, 2.45) is 0 Å². The summed E-state index contributed by atoms with van der Waals surface area (Å²) in [4.78, 5) is 39.8. The maximum Gasteiger partial charge on any atom is 0.294 e. The van der Waals surface area contributed by atoms with Gasteiger partial charge in [-0.15, -0.1) is 16.7 Å². The summed E-state index contributed by atoms with van der Waals surface area (Å²) in [5.74, 6) is 0.997. The Bertz CT molecular complexity index is 3740. The zero-order valence-corrected chi connectivity index (χ0v) is 57.9. The van der Waals surface area contributed by atoms with Crippen molar-refractivity contribution in [3.8, 4) is 5.75 Å². The van der Waals surface area contributed by atoms with Crippen LogP contribution in [0.3, 0.4) is 0 Å². The molecular formula is C70H93ClN8O14S2. The highest BCUT2D eigenvalue weighted by molar-refractivity contribution is 7.86. The Morgan fingerprint density at radius 2 is 1.43 bits per heavy atom. The standard InChI is InChI=1S/C70H93ClN8O14S2/c1-7-36-78-61-28-26-57(94(83,84)85)47-59(61)69(3,4)64(78)17-11-9-12-18-65-70(5,60-48-58(95(86,87)88)27-29-62(60)79(65)37-8-2)32-14-10-13-19-66(80)72-34-42-93-51-56-50-77(76-75-56)38-43-92-45-44-91-40-31-67(81)74-49-53-21-24-55(25-22-53)68(82)73-35-41-90-39-30-54-23-20-52(16-15-33-71)46-63(54)89-6/h9,11-12,17-18,20-29,46-48,50H,7-8,10,13-16,19,30-45,49,51H2,1-6H3,(H4-,72,73,74,80,81,82,83,84,85,86,87,88). The molecule has 0 spiro atoms. The third-order valence-corrected chi connectivity index (χ3v) is 18.7. The number of fused-ring (bicyclic) bond motifs is 2. The third kappa shape index (κ3) is 21.9. The number of benzene rings is 4. The number of anilines is 1. The van der Waals surface area contributed by atoms with Crippen LogP contribution in [-0.4, -0.2) is 154 Å². The van der Waals surface area contributed by atoms with Crippen LogP contribution in [0.25, 0.3) is 0 Å². The lowest BCUT2D eigenvalue weighted by atomic mass is 9.77. The van der Waals surface area contributed by atoms with E-state index in [9.17, 15) is 40.3 Å². The quantitative estimate of drug-likeness (QED) is 0.00930. The summed E-state index contributed by atoms with van der Waals surface area (Å²) in [6.45, 7) is 15.7. The molecule has 7 rings (SSSR count). The topological polar surface area (TPSA) is 282 Å². The first-order chi connectivity index (χ1) is 45.6. The van der Waals surface area contributed by atoms with Crippen molar-refractivity contribution in [1.82, 2.24) is 30.9 Å². The molecule has 0 saturated heterocycles. The lowest BCUT2D eigenvalue weighted by molar-refractivity contribution is -0.437. The summed E-state index contributed by atoms with van der Waals surface area (Å²) in [7, 11) is -7.46. The van der Waals surface area contributed by atoms with Crippen LogP contribution in [0.2, 0.25) is 0 Å². The number of rotatable bonds is 42. The molecule has 0 saturated carbocycles. The van der Waals surface area contributed by atoms with Crippen molar-refractivity contribution in [2.75, 3.05) is 90.3 Å². The van der Waals surface area contributed by atoms with Crippen molar-refractivity contribution in [3.63, 3.8) is 0 Å². The third-order valence-electron chi connectivity index (χ3n) is 16.8. The minimum atomic E-state index is -4.64. The molecule has 0 fully saturated rings. The van der Waals surface area contributed by atoms with Gasteiger partial charge in [0, 0.05) is 91.4 Å². The van der Waals surface area contributed by atoms with Crippen LogP contribution in [-0.2, 0) is 92.1 Å². The molecule has 5 aromatic rings. The Morgan fingerprint density at radius 1 is 0.716 bits per heavy atom. The van der Waals surface area contributed by atoms with Gasteiger partial charge < -0.3 is 49.1 Å². The van der Waals surface area contributed by atoms with Gasteiger partial charge in [0.25, 0.3) is 16.0 Å². The number of ether oxygens (including phenoxy) is 5. The molecule has 1 unspecified atom stereocenters. The van der Waals surface area contributed by atoms with E-state index < -0.39 is 31.1 Å². The molecule has 0 radical (unpaired) electrons. The highest BCUT2D eigenvalue weighted by Crippen LogP contribution is 2.51. The first-order valence-electron chi connectivity index (χ1n) is 32.6. The fourth-order valence-corrected chi connectivity index (χ4v) is 12.9. The van der Waals surface area contributed by atoms with Gasteiger partial charge in [0.1, 0.15) is 28.1 Å². The Morgan fingerprint density at radius 3 is 2.17 bits per heavy atom. The van der Waals surface area contributed by atoms with Gasteiger partial charge in [0.15, 0.2) is 5.71 Å². The fourth-order valence-electron chi connectivity index (χ4n) is 11.8. The molecule has 3 heterocycles. The Kier molecular flexibility index (Phi) is 29.2. The lowest BCUT2D eigenvalue weighted by Crippen LogP contribution is -2.29. The van der Waals surface area contributed by atoms with Gasteiger partial charge in [0.2, 0.25) is 17.5 Å². The molecule has 25 heteroatoms. The normalized spacial score (nSPS) is 15.7. The van der Waals surface area contributed by atoms with E-state index in [0.717, 1.165) is 89.3 Å². The Balaban J connectivity index is 0.738. The van der Waals surface area contributed by atoms with Crippen molar-refractivity contribution in [2.45, 2.75) is 146 Å². The van der Waals surface area contributed by atoms with Gasteiger partial charge >= 0.3 is 0 Å². The maximum atomic E-state index is 12.9. The second-order valence-corrected chi connectivity index (χ2v) is 27.3. The second-order valence-electron chi connectivity index (χ2n) is 24.2. The molecule has 95 heavy (non-hydrogen) atoms. The molecule has 3 amide bonds. The van der Waals surface area contributed by atoms with Gasteiger partial charge in [0.05, 0.1) is 87.9 Å². The summed E-state index contributed by atoms with van der Waals surface area (Å²) in [6, 6.07) is 22.6. The zero-order valence-electron chi connectivity index (χ0n) is 55.5. The van der Waals surface area contributed by atoms with Crippen molar-refractivity contribution >= 4 is 66.6 Å². The van der Waals surface area contributed by atoms with Crippen LogP contribution in [0.15, 0.2) is 131 Å². The predicted molar refractivity (Wildman–Crippen MR) is 364 cm³/mol. The molecule has 1 atom stereocenters. The number of hydrogen-bond acceptors (Lipinski definition) is 16. The molecule has 2 aliphatic rings. The highest BCUT2D eigenvalue weighted by atomic mass is 35.5. The van der Waals surface area contributed by atoms with Gasteiger partial charge in [-0.3, -0.25) is 18.9 Å². The molecule has 22 nitrogen and oxygen atoms in total. The van der Waals surface area contributed by atoms with Gasteiger partial charge in [-0.25, -0.2) is 13.1 Å². The molecule has 1 aromatic heterocycles. The van der Waals surface area contributed by atoms with E-state index in [4.69, 9.17) is 35.3 Å². The van der Waals surface area contributed by atoms with E-state index >= 15 is 0 Å². The molecule has 516 valence electrons. The van der Waals surface area contributed by atoms with Crippen molar-refractivity contribution in [1.29, 1.82) is 0 Å². The number of aryl methyl sites for hydroxylation is 1. The number of nitrogens with zero attached hydrogens (tertiary/aromatic N) is 5. The average molecular weight is 1370 g/mol. The number of halogens is 1. The van der Waals surface area contributed by atoms with Crippen LogP contribution in [0, 0.1) is 0 Å². The SMILES string of the molecule is CCCN1/C(=C/C=C/C=C/C2=[N+](CCC)c3ccc(S(=O)(=O)[O-])cc3C2(C)C)C(C)(CCCCCC(=O)NCCOCc2cn(CCOCCOCCC(=O)NCc3ccc(C(=O)NCCOCCc4ccc(CCCCl)cc4OC)cc3)nn2)c2cc(S(=O)(=O)O)ccc21. The van der Waals surface area contributed by atoms with Crippen LogP contribution >= 0.6 is 11.6 Å². The lowest BCUT2D eigenvalue weighted by Gasteiger charge is -2.30. The summed E-state index contributed by atoms with van der Waals surface area (Å²) < 4.78 is 103. The number of amides is 3. The van der Waals surface area contributed by atoms with Crippen LogP contribution in [0.4, 0.5) is 11.4 Å². The number of alkyl halides is 1. The van der Waals surface area contributed by atoms with Crippen LogP contribution in [0.5, 0.6) is 5.75 Å². The van der Waals surface area contributed by atoms with E-state index in [2.05, 4.69) is 68.6 Å². The second kappa shape index (κ2) is 36.8. The fraction of sp³-hybridized carbons (Fsp3) is 0.486. The summed E-state index contributed by atoms with van der Waals surface area (Å²) >= 11 is 5.83. The Labute approximate surface area is 565 Å². The number of nitrogens with one attached hydrogen (secondary N) is 3. The van der Waals surface area contributed by atoms with E-state index in [-0.39, 0.29) is 53.8 Å². The summed E-state index contributed by atoms with van der Waals surface area (Å²) in [6.07, 6.45) is 19.1. The number of unbranched alkanes of at least 4 members (excludes halogenated alkanes) is 2. The average Bonchev–Trinajstić information content (AvgIpc) is 1.59. The number of allylic oxidation sites excluding steroid dienone is 6. The van der Waals surface area contributed by atoms with E-state index in [1.165, 1.54) is 23.8 Å². The molecule has 0 aliphatic carbocycles. The van der Waals surface area contributed by atoms with E-state index in [1.807, 2.05) is 62.4 Å². The molecule has 0 bridgehead atoms. The number of carbonyl (C=O) groups is 3. The van der Waals surface area contributed by atoms with Crippen LogP contribution < -0.4 is 25.6 Å². The molecular weight excluding hydrogens is 1280 g/mol. The van der Waals surface area contributed by atoms with Gasteiger partial charge in [-0.2, -0.15) is 13.0 Å². The van der Waals surface area contributed by atoms with Crippen molar-refractivity contribution in [3.05, 3.63) is 160 Å². The van der Waals surface area contributed by atoms with E-state index in [0.29, 0.717) is 115 Å². The van der Waals surface area contributed by atoms with E-state index in [1.54, 1.807) is 48.3 Å². The minimum Gasteiger partial charge on any atom is -0.744 e. The minimum absolute atomic E-state index is 0.0941. The summed E-state index contributed by atoms with van der Waals surface area (Å²) in [5.41, 5.74) is 8.26. The Hall–Kier alpha value is -7.13. The predicted octanol–water partition coefficient (Wildman–Crippen LogP) is 9.59. The van der Waals surface area contributed by atoms with Crippen LogP contribution in [0.1, 0.15) is 136 Å². The first kappa shape index (κ1) is 75.3. The monoisotopic (exact) mass is 1370 g/mol. The molecule has 4 aromatic carbocycles. The molecule has 4 N–H and O–H groups in total. The molecule has 2 aliphatic heterocycles. The number of aromatic nitrogens is 3. The zero-order chi connectivity index (χ0) is 68.4.